The molecule has 1 heterocycles. The van der Waals surface area contributed by atoms with Gasteiger partial charge >= 0.3 is 0 Å². The number of anilines is 4. The number of halogens is 1. The maximum Gasteiger partial charge on any atom is 0.249 e. The second kappa shape index (κ2) is 7.27. The summed E-state index contributed by atoms with van der Waals surface area (Å²) in [6, 6.07) is 13.5. The Kier molecular flexibility index (Phi) is 4.90. The van der Waals surface area contributed by atoms with Crippen LogP contribution in [0.1, 0.15) is 5.56 Å². The van der Waals surface area contributed by atoms with Gasteiger partial charge in [0.15, 0.2) is 5.82 Å². The number of benzene rings is 2. The van der Waals surface area contributed by atoms with E-state index >= 15 is 0 Å². The van der Waals surface area contributed by atoms with Crippen molar-refractivity contribution in [2.24, 2.45) is 0 Å². The van der Waals surface area contributed by atoms with Gasteiger partial charge in [0, 0.05) is 21.9 Å². The fourth-order valence-corrected chi connectivity index (χ4v) is 2.44. The summed E-state index contributed by atoms with van der Waals surface area (Å²) in [5.41, 5.74) is 2.91. The van der Waals surface area contributed by atoms with Crippen molar-refractivity contribution >= 4 is 39.1 Å². The van der Waals surface area contributed by atoms with Crippen LogP contribution in [0.2, 0.25) is 0 Å². The van der Waals surface area contributed by atoms with Gasteiger partial charge in [-0.25, -0.2) is 0 Å². The molecule has 6 nitrogen and oxygen atoms in total. The quantitative estimate of drug-likeness (QED) is 0.676. The Morgan fingerprint density at radius 3 is 2.67 bits per heavy atom. The van der Waals surface area contributed by atoms with Gasteiger partial charge in [0.2, 0.25) is 5.95 Å². The molecule has 0 atom stereocenters. The van der Waals surface area contributed by atoms with E-state index in [1.54, 1.807) is 13.3 Å². The van der Waals surface area contributed by atoms with E-state index in [-0.39, 0.29) is 0 Å². The topological polar surface area (TPSA) is 72.0 Å². The van der Waals surface area contributed by atoms with Crippen LogP contribution in [0.25, 0.3) is 0 Å². The smallest absolute Gasteiger partial charge is 0.249 e. The zero-order chi connectivity index (χ0) is 16.9. The predicted octanol–water partition coefficient (Wildman–Crippen LogP) is 4.44. The molecule has 0 saturated heterocycles. The average molecular weight is 386 g/mol. The summed E-state index contributed by atoms with van der Waals surface area (Å²) in [5.74, 6) is 1.76. The minimum absolute atomic E-state index is 0.402. The van der Waals surface area contributed by atoms with Gasteiger partial charge in [-0.1, -0.05) is 28.1 Å². The molecule has 0 aliphatic rings. The van der Waals surface area contributed by atoms with Crippen molar-refractivity contribution in [3.8, 4) is 5.75 Å². The Labute approximate surface area is 148 Å². The van der Waals surface area contributed by atoms with Gasteiger partial charge in [0.25, 0.3) is 0 Å². The van der Waals surface area contributed by atoms with Crippen molar-refractivity contribution < 1.29 is 4.74 Å². The van der Waals surface area contributed by atoms with Crippen molar-refractivity contribution in [1.29, 1.82) is 0 Å². The van der Waals surface area contributed by atoms with Crippen LogP contribution in [-0.4, -0.2) is 22.3 Å². The van der Waals surface area contributed by atoms with Crippen LogP contribution in [0.5, 0.6) is 5.75 Å². The number of hydrogen-bond donors (Lipinski definition) is 2. The number of hydrogen-bond acceptors (Lipinski definition) is 6. The Bertz CT molecular complexity index is 856. The van der Waals surface area contributed by atoms with Crippen LogP contribution in [0.4, 0.5) is 23.1 Å². The summed E-state index contributed by atoms with van der Waals surface area (Å²) in [7, 11) is 1.63. The number of rotatable bonds is 5. The first-order valence-electron chi connectivity index (χ1n) is 7.28. The Balaban J connectivity index is 1.77. The van der Waals surface area contributed by atoms with Gasteiger partial charge in [0.1, 0.15) is 5.75 Å². The van der Waals surface area contributed by atoms with E-state index in [4.69, 9.17) is 4.74 Å². The van der Waals surface area contributed by atoms with Crippen LogP contribution < -0.4 is 15.4 Å². The highest BCUT2D eigenvalue weighted by atomic mass is 79.9. The van der Waals surface area contributed by atoms with Crippen LogP contribution in [0.3, 0.4) is 0 Å². The molecule has 3 rings (SSSR count). The molecule has 3 aromatic rings. The second-order valence-electron chi connectivity index (χ2n) is 5.11. The minimum atomic E-state index is 0.402. The van der Waals surface area contributed by atoms with Crippen molar-refractivity contribution in [3.63, 3.8) is 0 Å². The molecule has 2 aromatic carbocycles. The van der Waals surface area contributed by atoms with Gasteiger partial charge in [0.05, 0.1) is 13.3 Å². The third kappa shape index (κ3) is 3.99. The molecule has 1 aromatic heterocycles. The third-order valence-electron chi connectivity index (χ3n) is 3.33. The van der Waals surface area contributed by atoms with E-state index in [9.17, 15) is 0 Å². The Morgan fingerprint density at radius 1 is 1.04 bits per heavy atom. The van der Waals surface area contributed by atoms with Crippen molar-refractivity contribution in [2.75, 3.05) is 17.7 Å². The monoisotopic (exact) mass is 385 g/mol. The van der Waals surface area contributed by atoms with Gasteiger partial charge in [-0.2, -0.15) is 10.1 Å². The van der Waals surface area contributed by atoms with Gasteiger partial charge in [-0.3, -0.25) is 0 Å². The molecule has 0 unspecified atom stereocenters. The lowest BCUT2D eigenvalue weighted by Gasteiger charge is -2.09. The number of nitrogens with one attached hydrogen (secondary N) is 2. The molecule has 24 heavy (non-hydrogen) atoms. The van der Waals surface area contributed by atoms with E-state index in [0.29, 0.717) is 11.8 Å². The first-order valence-corrected chi connectivity index (χ1v) is 8.07. The predicted molar refractivity (Wildman–Crippen MR) is 98.3 cm³/mol. The zero-order valence-electron chi connectivity index (χ0n) is 13.2. The second-order valence-corrected chi connectivity index (χ2v) is 5.97. The molecule has 0 radical (unpaired) electrons. The molecular formula is C17H16BrN5O. The SMILES string of the molecule is COc1cccc(Nc2nncc(Nc3ccc(C)c(Br)c3)n2)c1. The zero-order valence-corrected chi connectivity index (χ0v) is 14.8. The van der Waals surface area contributed by atoms with Gasteiger partial charge in [-0.15, -0.1) is 5.10 Å². The highest BCUT2D eigenvalue weighted by Gasteiger charge is 2.04. The van der Waals surface area contributed by atoms with Crippen LogP contribution in [0.15, 0.2) is 53.1 Å². The lowest BCUT2D eigenvalue weighted by Crippen LogP contribution is -2.02. The number of nitrogens with zero attached hydrogens (tertiary/aromatic N) is 3. The number of aromatic nitrogens is 3. The Hall–Kier alpha value is -2.67. The molecule has 0 amide bonds. The molecule has 0 aliphatic heterocycles. The normalized spacial score (nSPS) is 10.3. The molecule has 0 bridgehead atoms. The average Bonchev–Trinajstić information content (AvgIpc) is 2.59. The van der Waals surface area contributed by atoms with Crippen molar-refractivity contribution in [3.05, 3.63) is 58.7 Å². The number of methoxy groups -OCH3 is 1. The molecule has 0 fully saturated rings. The molecule has 122 valence electrons. The maximum absolute atomic E-state index is 5.20. The molecule has 0 aliphatic carbocycles. The largest absolute Gasteiger partial charge is 0.497 e. The summed E-state index contributed by atoms with van der Waals surface area (Å²) in [6.45, 7) is 2.04. The summed E-state index contributed by atoms with van der Waals surface area (Å²) in [5, 5.41) is 14.3. The maximum atomic E-state index is 5.20. The van der Waals surface area contributed by atoms with E-state index in [1.165, 1.54) is 5.56 Å². The highest BCUT2D eigenvalue weighted by Crippen LogP contribution is 2.23. The molecular weight excluding hydrogens is 370 g/mol. The number of aryl methyl sites for hydroxylation is 1. The number of ether oxygens (including phenoxy) is 1. The first-order chi connectivity index (χ1) is 11.6. The fourth-order valence-electron chi connectivity index (χ4n) is 2.07. The van der Waals surface area contributed by atoms with E-state index < -0.39 is 0 Å². The van der Waals surface area contributed by atoms with E-state index in [1.807, 2.05) is 49.4 Å². The van der Waals surface area contributed by atoms with Gasteiger partial charge < -0.3 is 15.4 Å². The van der Waals surface area contributed by atoms with Crippen molar-refractivity contribution in [1.82, 2.24) is 15.2 Å². The fraction of sp³-hybridized carbons (Fsp3) is 0.118. The van der Waals surface area contributed by atoms with E-state index in [2.05, 4.69) is 41.7 Å². The Morgan fingerprint density at radius 2 is 1.88 bits per heavy atom. The van der Waals surface area contributed by atoms with Gasteiger partial charge in [-0.05, 0) is 36.8 Å². The highest BCUT2D eigenvalue weighted by molar-refractivity contribution is 9.10. The van der Waals surface area contributed by atoms with Crippen LogP contribution in [-0.2, 0) is 0 Å². The van der Waals surface area contributed by atoms with Crippen LogP contribution >= 0.6 is 15.9 Å². The summed E-state index contributed by atoms with van der Waals surface area (Å²) >= 11 is 3.52. The van der Waals surface area contributed by atoms with E-state index in [0.717, 1.165) is 21.6 Å². The molecule has 0 spiro atoms. The molecule has 2 N–H and O–H groups in total. The third-order valence-corrected chi connectivity index (χ3v) is 4.18. The lowest BCUT2D eigenvalue weighted by molar-refractivity contribution is 0.415. The minimum Gasteiger partial charge on any atom is -0.497 e. The standard InChI is InChI=1S/C17H16BrN5O/c1-11-6-7-13(9-15(11)18)20-16-10-19-23-17(22-16)21-12-4-3-5-14(8-12)24-2/h3-10H,1-2H3,(H2,20,21,22,23). The lowest BCUT2D eigenvalue weighted by atomic mass is 10.2. The summed E-state index contributed by atoms with van der Waals surface area (Å²) in [4.78, 5) is 4.42. The first kappa shape index (κ1) is 16.2. The van der Waals surface area contributed by atoms with Crippen LogP contribution in [0, 0.1) is 6.92 Å². The van der Waals surface area contributed by atoms with Crippen molar-refractivity contribution in [2.45, 2.75) is 6.92 Å². The molecule has 7 heteroatoms. The summed E-state index contributed by atoms with van der Waals surface area (Å²) in [6.07, 6.45) is 1.57. The molecule has 0 saturated carbocycles. The summed E-state index contributed by atoms with van der Waals surface area (Å²) < 4.78 is 6.23.